The van der Waals surface area contributed by atoms with E-state index in [0.717, 1.165) is 12.8 Å². The SMILES string of the molecule is CN(C(=O)CC1(C(=O)O)CCCC1)c1cccnc1. The van der Waals surface area contributed by atoms with Crippen molar-refractivity contribution in [1.29, 1.82) is 0 Å². The van der Waals surface area contributed by atoms with Gasteiger partial charge in [0.05, 0.1) is 17.3 Å². The average Bonchev–Trinajstić information content (AvgIpc) is 2.88. The van der Waals surface area contributed by atoms with Gasteiger partial charge < -0.3 is 10.0 Å². The van der Waals surface area contributed by atoms with Gasteiger partial charge in [-0.1, -0.05) is 12.8 Å². The Morgan fingerprint density at radius 1 is 1.42 bits per heavy atom. The molecule has 5 heteroatoms. The van der Waals surface area contributed by atoms with E-state index < -0.39 is 11.4 Å². The van der Waals surface area contributed by atoms with Crippen LogP contribution in [0.4, 0.5) is 5.69 Å². The molecule has 1 heterocycles. The summed E-state index contributed by atoms with van der Waals surface area (Å²) in [7, 11) is 1.66. The minimum Gasteiger partial charge on any atom is -0.481 e. The largest absolute Gasteiger partial charge is 0.481 e. The lowest BCUT2D eigenvalue weighted by Gasteiger charge is -2.26. The number of carbonyl (C=O) groups is 2. The molecule has 1 fully saturated rings. The van der Waals surface area contributed by atoms with Gasteiger partial charge in [0.1, 0.15) is 0 Å². The van der Waals surface area contributed by atoms with Crippen molar-refractivity contribution in [1.82, 2.24) is 4.98 Å². The van der Waals surface area contributed by atoms with Gasteiger partial charge in [-0.2, -0.15) is 0 Å². The third-order valence-electron chi connectivity index (χ3n) is 3.91. The molecule has 1 saturated carbocycles. The summed E-state index contributed by atoms with van der Waals surface area (Å²) < 4.78 is 0. The molecule has 1 aliphatic carbocycles. The van der Waals surface area contributed by atoms with Crippen molar-refractivity contribution in [3.8, 4) is 0 Å². The fourth-order valence-corrected chi connectivity index (χ4v) is 2.62. The molecule has 0 bridgehead atoms. The number of aromatic nitrogens is 1. The number of pyridine rings is 1. The van der Waals surface area contributed by atoms with Crippen LogP contribution < -0.4 is 4.90 Å². The van der Waals surface area contributed by atoms with Gasteiger partial charge in [0, 0.05) is 19.7 Å². The van der Waals surface area contributed by atoms with Crippen molar-refractivity contribution in [3.05, 3.63) is 24.5 Å². The first-order valence-corrected chi connectivity index (χ1v) is 6.45. The lowest BCUT2D eigenvalue weighted by Crippen LogP contribution is -2.36. The monoisotopic (exact) mass is 262 g/mol. The number of carboxylic acid groups (broad SMARTS) is 1. The number of hydrogen-bond acceptors (Lipinski definition) is 3. The maximum Gasteiger partial charge on any atom is 0.310 e. The second-order valence-corrected chi connectivity index (χ2v) is 5.13. The number of carbonyl (C=O) groups excluding carboxylic acids is 1. The van der Waals surface area contributed by atoms with Crippen molar-refractivity contribution < 1.29 is 14.7 Å². The minimum absolute atomic E-state index is 0.0632. The molecular weight excluding hydrogens is 244 g/mol. The lowest BCUT2D eigenvalue weighted by atomic mass is 9.82. The second-order valence-electron chi connectivity index (χ2n) is 5.13. The van der Waals surface area contributed by atoms with Gasteiger partial charge in [0.15, 0.2) is 0 Å². The Morgan fingerprint density at radius 2 is 2.11 bits per heavy atom. The predicted molar refractivity (Wildman–Crippen MR) is 70.8 cm³/mol. The fraction of sp³-hybridized carbons (Fsp3) is 0.500. The van der Waals surface area contributed by atoms with Gasteiger partial charge in [-0.15, -0.1) is 0 Å². The zero-order valence-electron chi connectivity index (χ0n) is 11.0. The molecule has 1 aromatic heterocycles. The van der Waals surface area contributed by atoms with Crippen molar-refractivity contribution in [2.75, 3.05) is 11.9 Å². The predicted octanol–water partition coefficient (Wildman–Crippen LogP) is 2.08. The van der Waals surface area contributed by atoms with Crippen LogP contribution in [0.1, 0.15) is 32.1 Å². The normalized spacial score (nSPS) is 17.1. The van der Waals surface area contributed by atoms with Gasteiger partial charge in [-0.25, -0.2) is 0 Å². The van der Waals surface area contributed by atoms with E-state index >= 15 is 0 Å². The number of hydrogen-bond donors (Lipinski definition) is 1. The van der Waals surface area contributed by atoms with E-state index in [1.165, 1.54) is 4.90 Å². The lowest BCUT2D eigenvalue weighted by molar-refractivity contribution is -0.151. The number of nitrogens with zero attached hydrogens (tertiary/aromatic N) is 2. The van der Waals surface area contributed by atoms with E-state index in [0.29, 0.717) is 18.5 Å². The van der Waals surface area contributed by atoms with Crippen molar-refractivity contribution in [2.45, 2.75) is 32.1 Å². The van der Waals surface area contributed by atoms with Gasteiger partial charge in [-0.3, -0.25) is 14.6 Å². The smallest absolute Gasteiger partial charge is 0.310 e. The Kier molecular flexibility index (Phi) is 3.83. The summed E-state index contributed by atoms with van der Waals surface area (Å²) in [6, 6.07) is 3.54. The molecule has 0 unspecified atom stereocenters. The zero-order valence-corrected chi connectivity index (χ0v) is 11.0. The van der Waals surface area contributed by atoms with Gasteiger partial charge in [-0.05, 0) is 25.0 Å². The van der Waals surface area contributed by atoms with E-state index in [2.05, 4.69) is 4.98 Å². The zero-order chi connectivity index (χ0) is 13.9. The third kappa shape index (κ3) is 2.75. The van der Waals surface area contributed by atoms with E-state index in [1.807, 2.05) is 0 Å². The summed E-state index contributed by atoms with van der Waals surface area (Å²) in [4.78, 5) is 29.1. The quantitative estimate of drug-likeness (QED) is 0.901. The molecule has 1 aromatic rings. The van der Waals surface area contributed by atoms with E-state index in [1.54, 1.807) is 31.6 Å². The first-order valence-electron chi connectivity index (χ1n) is 6.45. The summed E-state index contributed by atoms with van der Waals surface area (Å²) in [5.74, 6) is -1.02. The molecule has 1 N–H and O–H groups in total. The maximum absolute atomic E-state index is 12.2. The topological polar surface area (TPSA) is 70.5 Å². The van der Waals surface area contributed by atoms with Crippen LogP contribution in [0.3, 0.4) is 0 Å². The standard InChI is InChI=1S/C14H18N2O3/c1-16(11-5-4-8-15-10-11)12(17)9-14(13(18)19)6-2-3-7-14/h4-5,8,10H,2-3,6-7,9H2,1H3,(H,18,19). The Bertz CT molecular complexity index is 467. The number of carboxylic acids is 1. The summed E-state index contributed by atoms with van der Waals surface area (Å²) in [5, 5.41) is 9.38. The van der Waals surface area contributed by atoms with Crippen LogP contribution in [-0.4, -0.2) is 29.0 Å². The number of rotatable bonds is 4. The molecule has 5 nitrogen and oxygen atoms in total. The Labute approximate surface area is 112 Å². The Morgan fingerprint density at radius 3 is 2.63 bits per heavy atom. The average molecular weight is 262 g/mol. The van der Waals surface area contributed by atoms with E-state index in [9.17, 15) is 14.7 Å². The minimum atomic E-state index is -0.868. The van der Waals surface area contributed by atoms with Crippen molar-refractivity contribution in [3.63, 3.8) is 0 Å². The highest BCUT2D eigenvalue weighted by molar-refractivity contribution is 5.95. The number of anilines is 1. The summed E-state index contributed by atoms with van der Waals surface area (Å²) in [6.45, 7) is 0. The Balaban J connectivity index is 2.10. The molecule has 0 aliphatic heterocycles. The fourth-order valence-electron chi connectivity index (χ4n) is 2.62. The molecule has 2 rings (SSSR count). The van der Waals surface area contributed by atoms with Gasteiger partial charge in [0.2, 0.25) is 5.91 Å². The molecule has 1 amide bonds. The first-order chi connectivity index (χ1) is 9.05. The summed E-state index contributed by atoms with van der Waals surface area (Å²) in [6.07, 6.45) is 6.25. The number of amides is 1. The van der Waals surface area contributed by atoms with E-state index in [4.69, 9.17) is 0 Å². The molecule has 102 valence electrons. The molecule has 1 aliphatic rings. The van der Waals surface area contributed by atoms with Gasteiger partial charge in [0.25, 0.3) is 0 Å². The molecule has 0 radical (unpaired) electrons. The van der Waals surface area contributed by atoms with Gasteiger partial charge >= 0.3 is 5.97 Å². The van der Waals surface area contributed by atoms with Crippen LogP contribution in [0, 0.1) is 5.41 Å². The molecule has 0 atom stereocenters. The number of aliphatic carboxylic acids is 1. The first kappa shape index (κ1) is 13.5. The highest BCUT2D eigenvalue weighted by Gasteiger charge is 2.43. The third-order valence-corrected chi connectivity index (χ3v) is 3.91. The molecular formula is C14H18N2O3. The highest BCUT2D eigenvalue weighted by atomic mass is 16.4. The molecule has 0 aromatic carbocycles. The van der Waals surface area contributed by atoms with Crippen molar-refractivity contribution >= 4 is 17.6 Å². The van der Waals surface area contributed by atoms with Crippen LogP contribution in [0.5, 0.6) is 0 Å². The van der Waals surface area contributed by atoms with Crippen LogP contribution in [0.25, 0.3) is 0 Å². The van der Waals surface area contributed by atoms with Crippen molar-refractivity contribution in [2.24, 2.45) is 5.41 Å². The maximum atomic E-state index is 12.2. The molecule has 0 saturated heterocycles. The van der Waals surface area contributed by atoms with Crippen LogP contribution in [-0.2, 0) is 9.59 Å². The van der Waals surface area contributed by atoms with E-state index in [-0.39, 0.29) is 12.3 Å². The molecule has 19 heavy (non-hydrogen) atoms. The summed E-state index contributed by atoms with van der Waals surface area (Å²) >= 11 is 0. The summed E-state index contributed by atoms with van der Waals surface area (Å²) in [5.41, 5.74) is -0.181. The van der Waals surface area contributed by atoms with Crippen LogP contribution in [0.2, 0.25) is 0 Å². The highest BCUT2D eigenvalue weighted by Crippen LogP contribution is 2.41. The van der Waals surface area contributed by atoms with Crippen LogP contribution >= 0.6 is 0 Å². The Hall–Kier alpha value is -1.91. The van der Waals surface area contributed by atoms with Crippen LogP contribution in [0.15, 0.2) is 24.5 Å². The second kappa shape index (κ2) is 5.38. The molecule has 0 spiro atoms.